The Balaban J connectivity index is 1.49. The molecule has 1 aliphatic heterocycles. The fourth-order valence-corrected chi connectivity index (χ4v) is 3.75. The number of carbonyl (C=O) groups is 1. The zero-order valence-corrected chi connectivity index (χ0v) is 16.1. The number of hydrogen-bond acceptors (Lipinski definition) is 2. The highest BCUT2D eigenvalue weighted by atomic mass is 35.5. The molecule has 4 heteroatoms. The fraction of sp³-hybridized carbons (Fsp3) is 0.409. The number of piperidine rings is 1. The van der Waals surface area contributed by atoms with Crippen molar-refractivity contribution in [3.63, 3.8) is 0 Å². The number of likely N-dealkylation sites (tertiary alicyclic amines) is 1. The molecular weight excluding hydrogens is 344 g/mol. The summed E-state index contributed by atoms with van der Waals surface area (Å²) in [7, 11) is 0. The second-order valence-electron chi connectivity index (χ2n) is 6.98. The lowest BCUT2D eigenvalue weighted by atomic mass is 9.93. The molecule has 0 aliphatic carbocycles. The summed E-state index contributed by atoms with van der Waals surface area (Å²) in [5.41, 5.74) is 2.37. The molecule has 2 aromatic rings. The summed E-state index contributed by atoms with van der Waals surface area (Å²) < 4.78 is 0. The van der Waals surface area contributed by atoms with E-state index in [9.17, 15) is 4.79 Å². The van der Waals surface area contributed by atoms with Crippen molar-refractivity contribution in [3.8, 4) is 0 Å². The smallest absolute Gasteiger partial charge is 0.230 e. The summed E-state index contributed by atoms with van der Waals surface area (Å²) in [5, 5.41) is 4.38. The molecular formula is C22H27ClN2O. The van der Waals surface area contributed by atoms with Gasteiger partial charge in [0.05, 0.1) is 5.92 Å². The van der Waals surface area contributed by atoms with Crippen LogP contribution in [0.3, 0.4) is 0 Å². The van der Waals surface area contributed by atoms with Crippen LogP contribution >= 0.6 is 11.6 Å². The van der Waals surface area contributed by atoms with Gasteiger partial charge in [-0.2, -0.15) is 0 Å². The van der Waals surface area contributed by atoms with Crippen LogP contribution in [0.15, 0.2) is 54.6 Å². The maximum atomic E-state index is 12.9. The number of nitrogens with zero attached hydrogens (tertiary/aromatic N) is 1. The van der Waals surface area contributed by atoms with E-state index in [0.717, 1.165) is 49.5 Å². The second-order valence-corrected chi connectivity index (χ2v) is 7.41. The predicted molar refractivity (Wildman–Crippen MR) is 107 cm³/mol. The molecule has 3 rings (SSSR count). The van der Waals surface area contributed by atoms with Crippen LogP contribution in [0.2, 0.25) is 5.02 Å². The molecule has 0 bridgehead atoms. The molecule has 1 saturated heterocycles. The monoisotopic (exact) mass is 370 g/mol. The van der Waals surface area contributed by atoms with E-state index >= 15 is 0 Å². The van der Waals surface area contributed by atoms with Crippen molar-refractivity contribution in [3.05, 3.63) is 70.7 Å². The maximum Gasteiger partial charge on any atom is 0.230 e. The van der Waals surface area contributed by atoms with Crippen molar-refractivity contribution >= 4 is 17.5 Å². The third-order valence-corrected chi connectivity index (χ3v) is 5.48. The van der Waals surface area contributed by atoms with Gasteiger partial charge in [-0.05, 0) is 42.5 Å². The van der Waals surface area contributed by atoms with E-state index in [2.05, 4.69) is 36.5 Å². The summed E-state index contributed by atoms with van der Waals surface area (Å²) in [5.74, 6) is 0.254. The van der Waals surface area contributed by atoms with Crippen molar-refractivity contribution in [2.24, 2.45) is 0 Å². The van der Waals surface area contributed by atoms with Crippen molar-refractivity contribution in [2.75, 3.05) is 13.1 Å². The first kappa shape index (κ1) is 18.9. The van der Waals surface area contributed by atoms with Gasteiger partial charge in [0.15, 0.2) is 0 Å². The average Bonchev–Trinajstić information content (AvgIpc) is 2.69. The van der Waals surface area contributed by atoms with Crippen molar-refractivity contribution in [2.45, 2.75) is 44.7 Å². The zero-order chi connectivity index (χ0) is 18.4. The number of nitrogens with one attached hydrogen (secondary N) is 1. The Kier molecular flexibility index (Phi) is 6.70. The van der Waals surface area contributed by atoms with Crippen LogP contribution in [0.1, 0.15) is 43.2 Å². The molecule has 0 spiro atoms. The van der Waals surface area contributed by atoms with Crippen molar-refractivity contribution in [1.29, 1.82) is 0 Å². The third kappa shape index (κ3) is 4.87. The number of halogens is 1. The molecule has 1 atom stereocenters. The summed E-state index contributed by atoms with van der Waals surface area (Å²) in [6.45, 7) is 4.61. The Morgan fingerprint density at radius 2 is 1.77 bits per heavy atom. The van der Waals surface area contributed by atoms with Crippen LogP contribution < -0.4 is 5.32 Å². The molecule has 0 saturated carbocycles. The number of rotatable bonds is 6. The van der Waals surface area contributed by atoms with E-state index in [1.807, 2.05) is 35.2 Å². The van der Waals surface area contributed by atoms with Crippen LogP contribution in [0, 0.1) is 0 Å². The maximum absolute atomic E-state index is 12.9. The minimum Gasteiger partial charge on any atom is -0.342 e. The number of amides is 1. The van der Waals surface area contributed by atoms with Crippen LogP contribution in [0.25, 0.3) is 0 Å². The molecule has 138 valence electrons. The minimum atomic E-state index is -0.0187. The first-order chi connectivity index (χ1) is 12.7. The number of hydrogen-bond donors (Lipinski definition) is 1. The van der Waals surface area contributed by atoms with E-state index in [0.29, 0.717) is 6.04 Å². The van der Waals surface area contributed by atoms with Gasteiger partial charge in [-0.3, -0.25) is 4.79 Å². The molecule has 1 fully saturated rings. The Labute approximate surface area is 161 Å². The van der Waals surface area contributed by atoms with Crippen LogP contribution in [-0.4, -0.2) is 29.9 Å². The highest BCUT2D eigenvalue weighted by Gasteiger charge is 2.28. The normalized spacial score (nSPS) is 16.5. The molecule has 1 unspecified atom stereocenters. The molecule has 0 aromatic heterocycles. The molecule has 1 heterocycles. The van der Waals surface area contributed by atoms with E-state index < -0.39 is 0 Å². The van der Waals surface area contributed by atoms with Crippen LogP contribution in [0.5, 0.6) is 0 Å². The quantitative estimate of drug-likeness (QED) is 0.805. The highest BCUT2D eigenvalue weighted by Crippen LogP contribution is 2.24. The Bertz CT molecular complexity index is 694. The Hall–Kier alpha value is -1.84. The lowest BCUT2D eigenvalue weighted by Crippen LogP contribution is -2.46. The number of benzene rings is 2. The molecule has 0 radical (unpaired) electrons. The van der Waals surface area contributed by atoms with Gasteiger partial charge in [0.1, 0.15) is 0 Å². The summed E-state index contributed by atoms with van der Waals surface area (Å²) >= 11 is 5.93. The molecule has 1 N–H and O–H groups in total. The first-order valence-electron chi connectivity index (χ1n) is 9.49. The largest absolute Gasteiger partial charge is 0.342 e. The SMILES string of the molecule is CCC(C(=O)N1CCC(NCc2ccc(Cl)cc2)CC1)c1ccccc1. The standard InChI is InChI=1S/C22H27ClN2O/c1-2-21(18-6-4-3-5-7-18)22(26)25-14-12-20(13-15-25)24-16-17-8-10-19(23)11-9-17/h3-11,20-21,24H,2,12-16H2,1H3. The van der Waals surface area contributed by atoms with E-state index in [-0.39, 0.29) is 11.8 Å². The topological polar surface area (TPSA) is 32.3 Å². The molecule has 3 nitrogen and oxygen atoms in total. The van der Waals surface area contributed by atoms with E-state index in [1.54, 1.807) is 0 Å². The van der Waals surface area contributed by atoms with E-state index in [4.69, 9.17) is 11.6 Å². The summed E-state index contributed by atoms with van der Waals surface area (Å²) in [6.07, 6.45) is 2.85. The van der Waals surface area contributed by atoms with E-state index in [1.165, 1.54) is 5.56 Å². The summed E-state index contributed by atoms with van der Waals surface area (Å²) in [6, 6.07) is 18.6. The van der Waals surface area contributed by atoms with Gasteiger partial charge in [-0.15, -0.1) is 0 Å². The zero-order valence-electron chi connectivity index (χ0n) is 15.3. The van der Waals surface area contributed by atoms with Crippen molar-refractivity contribution in [1.82, 2.24) is 10.2 Å². The van der Waals surface area contributed by atoms with Gasteiger partial charge in [0.2, 0.25) is 5.91 Å². The van der Waals surface area contributed by atoms with Gasteiger partial charge in [0, 0.05) is 30.7 Å². The van der Waals surface area contributed by atoms with Gasteiger partial charge in [0.25, 0.3) is 0 Å². The molecule has 2 aromatic carbocycles. The van der Waals surface area contributed by atoms with Crippen LogP contribution in [-0.2, 0) is 11.3 Å². The second kappa shape index (κ2) is 9.20. The molecule has 1 aliphatic rings. The summed E-state index contributed by atoms with van der Waals surface area (Å²) in [4.78, 5) is 15.0. The lowest BCUT2D eigenvalue weighted by molar-refractivity contribution is -0.134. The Morgan fingerprint density at radius 1 is 1.12 bits per heavy atom. The molecule has 26 heavy (non-hydrogen) atoms. The highest BCUT2D eigenvalue weighted by molar-refractivity contribution is 6.30. The fourth-order valence-electron chi connectivity index (χ4n) is 3.63. The Morgan fingerprint density at radius 3 is 2.38 bits per heavy atom. The van der Waals surface area contributed by atoms with Crippen LogP contribution in [0.4, 0.5) is 0 Å². The van der Waals surface area contributed by atoms with Gasteiger partial charge >= 0.3 is 0 Å². The first-order valence-corrected chi connectivity index (χ1v) is 9.86. The number of carbonyl (C=O) groups excluding carboxylic acids is 1. The average molecular weight is 371 g/mol. The van der Waals surface area contributed by atoms with Gasteiger partial charge < -0.3 is 10.2 Å². The van der Waals surface area contributed by atoms with Gasteiger partial charge in [-0.1, -0.05) is 61.0 Å². The minimum absolute atomic E-state index is 0.0187. The molecule has 1 amide bonds. The lowest BCUT2D eigenvalue weighted by Gasteiger charge is -2.34. The van der Waals surface area contributed by atoms with Crippen molar-refractivity contribution < 1.29 is 4.79 Å². The van der Waals surface area contributed by atoms with Gasteiger partial charge in [-0.25, -0.2) is 0 Å². The third-order valence-electron chi connectivity index (χ3n) is 5.22. The predicted octanol–water partition coefficient (Wildman–Crippen LogP) is 4.61.